The van der Waals surface area contributed by atoms with E-state index in [9.17, 15) is 5.21 Å². The molecule has 1 atom stereocenters. The van der Waals surface area contributed by atoms with Crippen molar-refractivity contribution in [1.29, 1.82) is 0 Å². The molecule has 3 nitrogen and oxygen atoms in total. The maximum absolute atomic E-state index is 9.83. The van der Waals surface area contributed by atoms with E-state index in [1.165, 1.54) is 0 Å². The second-order valence-corrected chi connectivity index (χ2v) is 1.26. The summed E-state index contributed by atoms with van der Waals surface area (Å²) in [6.45, 7) is 5.03. The first kappa shape index (κ1) is 6.62. The van der Waals surface area contributed by atoms with Gasteiger partial charge < -0.3 is 5.21 Å². The molecule has 0 aliphatic rings. The summed E-state index contributed by atoms with van der Waals surface area (Å²) < 4.78 is 0. The minimum atomic E-state index is -0.900. The maximum atomic E-state index is 9.83. The predicted octanol–water partition coefficient (Wildman–Crippen LogP) is -0.318. The number of rotatable bonds is 2. The lowest BCUT2D eigenvalue weighted by molar-refractivity contribution is -1.01. The summed E-state index contributed by atoms with van der Waals surface area (Å²) in [5.41, 5.74) is 0.264. The minimum absolute atomic E-state index is 0.264. The van der Waals surface area contributed by atoms with Gasteiger partial charge in [-0.3, -0.25) is 0 Å². The Morgan fingerprint density at radius 3 is 2.43 bits per heavy atom. The lowest BCUT2D eigenvalue weighted by atomic mass is 10.4. The molecule has 0 amide bonds. The van der Waals surface area contributed by atoms with Crippen molar-refractivity contribution in [3.05, 3.63) is 17.5 Å². The molecule has 0 spiro atoms. The van der Waals surface area contributed by atoms with Crippen LogP contribution in [0.5, 0.6) is 0 Å². The van der Waals surface area contributed by atoms with Crippen molar-refractivity contribution >= 4 is 0 Å². The monoisotopic (exact) mass is 103 g/mol. The summed E-state index contributed by atoms with van der Waals surface area (Å²) in [5, 5.41) is 17.0. The first-order chi connectivity index (χ1) is 3.18. The Hall–Kier alpha value is -0.380. The van der Waals surface area contributed by atoms with E-state index in [-0.39, 0.29) is 5.70 Å². The zero-order valence-electron chi connectivity index (χ0n) is 4.27. The number of nitrogens with one attached hydrogen (secondary N) is 1. The molecule has 0 aromatic rings. The zero-order chi connectivity index (χ0) is 5.86. The number of allylic oxidation sites excluding steroid dienone is 1. The quantitative estimate of drug-likeness (QED) is 0.470. The van der Waals surface area contributed by atoms with Crippen LogP contribution in [0.15, 0.2) is 12.3 Å². The standard InChI is InChI=1S/C4H9NO2/c1-3-4(2)5(6)7/h5-6H,2-3H2,1H3. The van der Waals surface area contributed by atoms with Gasteiger partial charge in [0.25, 0.3) is 0 Å². The van der Waals surface area contributed by atoms with E-state index in [1.807, 2.05) is 0 Å². The highest BCUT2D eigenvalue weighted by molar-refractivity contribution is 4.74. The minimum Gasteiger partial charge on any atom is -0.595 e. The third-order valence-electron chi connectivity index (χ3n) is 0.729. The van der Waals surface area contributed by atoms with Gasteiger partial charge in [-0.15, -0.1) is 0 Å². The van der Waals surface area contributed by atoms with E-state index in [4.69, 9.17) is 5.21 Å². The Labute approximate surface area is 42.4 Å². The molecule has 0 aliphatic heterocycles. The van der Waals surface area contributed by atoms with Crippen LogP contribution < -0.4 is 5.23 Å². The van der Waals surface area contributed by atoms with Gasteiger partial charge in [0.1, 0.15) is 5.70 Å². The maximum Gasteiger partial charge on any atom is 0.132 e. The van der Waals surface area contributed by atoms with Crippen LogP contribution in [-0.2, 0) is 0 Å². The van der Waals surface area contributed by atoms with Crippen molar-refractivity contribution in [2.45, 2.75) is 13.3 Å². The van der Waals surface area contributed by atoms with Gasteiger partial charge in [-0.05, 0) is 6.58 Å². The third kappa shape index (κ3) is 2.33. The van der Waals surface area contributed by atoms with Gasteiger partial charge >= 0.3 is 0 Å². The highest BCUT2D eigenvalue weighted by atomic mass is 16.8. The van der Waals surface area contributed by atoms with E-state index in [0.29, 0.717) is 6.42 Å². The highest BCUT2D eigenvalue weighted by Gasteiger charge is 1.92. The van der Waals surface area contributed by atoms with Gasteiger partial charge in [0.2, 0.25) is 0 Å². The number of hydroxylamine groups is 2. The van der Waals surface area contributed by atoms with E-state index in [0.717, 1.165) is 0 Å². The molecule has 1 unspecified atom stereocenters. The predicted molar refractivity (Wildman–Crippen MR) is 25.5 cm³/mol. The van der Waals surface area contributed by atoms with Crippen LogP contribution in [0, 0.1) is 5.21 Å². The Balaban J connectivity index is 3.35. The number of hydrogen-bond donors (Lipinski definition) is 2. The van der Waals surface area contributed by atoms with Crippen LogP contribution in [0.3, 0.4) is 0 Å². The summed E-state index contributed by atoms with van der Waals surface area (Å²) in [7, 11) is 0. The number of quaternary nitrogens is 1. The van der Waals surface area contributed by atoms with Gasteiger partial charge in [0.05, 0.1) is 0 Å². The summed E-state index contributed by atoms with van der Waals surface area (Å²) in [4.78, 5) is 0. The molecule has 0 saturated heterocycles. The van der Waals surface area contributed by atoms with Crippen LogP contribution in [0.25, 0.3) is 0 Å². The SMILES string of the molecule is C=C(CC)[NH+]([O-])O. The Morgan fingerprint density at radius 1 is 2.00 bits per heavy atom. The molecule has 0 fully saturated rings. The van der Waals surface area contributed by atoms with Crippen molar-refractivity contribution in [3.8, 4) is 0 Å². The highest BCUT2D eigenvalue weighted by Crippen LogP contribution is 1.79. The molecule has 42 valence electrons. The third-order valence-corrected chi connectivity index (χ3v) is 0.729. The first-order valence-corrected chi connectivity index (χ1v) is 2.09. The fourth-order valence-electron chi connectivity index (χ4n) is 0.151. The van der Waals surface area contributed by atoms with Crippen LogP contribution in [0.4, 0.5) is 0 Å². The molecule has 0 heterocycles. The van der Waals surface area contributed by atoms with Gasteiger partial charge in [-0.25, -0.2) is 5.21 Å². The molecule has 0 radical (unpaired) electrons. The zero-order valence-corrected chi connectivity index (χ0v) is 4.27. The van der Waals surface area contributed by atoms with Crippen molar-refractivity contribution in [2.75, 3.05) is 0 Å². The molecular formula is C4H9NO2. The molecule has 3 heteroatoms. The van der Waals surface area contributed by atoms with Crippen molar-refractivity contribution < 1.29 is 10.4 Å². The lowest BCUT2D eigenvalue weighted by Gasteiger charge is -2.11. The normalized spacial score (nSPS) is 13.6. The van der Waals surface area contributed by atoms with Crippen LogP contribution in [-0.4, -0.2) is 5.21 Å². The van der Waals surface area contributed by atoms with Gasteiger partial charge in [-0.1, -0.05) is 6.92 Å². The summed E-state index contributed by atoms with van der Waals surface area (Å²) in [5.74, 6) is 0. The number of hydrogen-bond acceptors (Lipinski definition) is 2. The summed E-state index contributed by atoms with van der Waals surface area (Å²) in [6.07, 6.45) is 0.523. The van der Waals surface area contributed by atoms with Gasteiger partial charge in [-0.2, -0.15) is 5.23 Å². The molecule has 0 aromatic carbocycles. The van der Waals surface area contributed by atoms with Crippen LogP contribution >= 0.6 is 0 Å². The van der Waals surface area contributed by atoms with Crippen LogP contribution in [0.2, 0.25) is 0 Å². The fourth-order valence-corrected chi connectivity index (χ4v) is 0.151. The Morgan fingerprint density at radius 2 is 2.43 bits per heavy atom. The van der Waals surface area contributed by atoms with Gasteiger partial charge in [0, 0.05) is 6.42 Å². The molecule has 0 bridgehead atoms. The topological polar surface area (TPSA) is 47.7 Å². The molecule has 7 heavy (non-hydrogen) atoms. The van der Waals surface area contributed by atoms with Crippen molar-refractivity contribution in [2.24, 2.45) is 0 Å². The first-order valence-electron chi connectivity index (χ1n) is 2.09. The molecule has 0 aromatic heterocycles. The smallest absolute Gasteiger partial charge is 0.132 e. The Bertz CT molecular complexity index is 70.1. The fraction of sp³-hybridized carbons (Fsp3) is 0.500. The molecule has 0 rings (SSSR count). The average molecular weight is 103 g/mol. The summed E-state index contributed by atoms with van der Waals surface area (Å²) in [6, 6.07) is 0. The van der Waals surface area contributed by atoms with E-state index < -0.39 is 5.23 Å². The molecule has 2 N–H and O–H groups in total. The largest absolute Gasteiger partial charge is 0.595 e. The average Bonchev–Trinajstić information content (AvgIpc) is 1.65. The second-order valence-electron chi connectivity index (χ2n) is 1.26. The Kier molecular flexibility index (Phi) is 2.59. The van der Waals surface area contributed by atoms with Crippen molar-refractivity contribution in [1.82, 2.24) is 0 Å². The second kappa shape index (κ2) is 2.74. The van der Waals surface area contributed by atoms with Gasteiger partial charge in [0.15, 0.2) is 0 Å². The van der Waals surface area contributed by atoms with E-state index >= 15 is 0 Å². The molecule has 0 aliphatic carbocycles. The van der Waals surface area contributed by atoms with E-state index in [1.54, 1.807) is 6.92 Å². The molecule has 0 saturated carbocycles. The molecular weight excluding hydrogens is 94.0 g/mol. The van der Waals surface area contributed by atoms with Crippen molar-refractivity contribution in [3.63, 3.8) is 0 Å². The lowest BCUT2D eigenvalue weighted by Crippen LogP contribution is -3.02. The summed E-state index contributed by atoms with van der Waals surface area (Å²) >= 11 is 0. The van der Waals surface area contributed by atoms with Crippen LogP contribution in [0.1, 0.15) is 13.3 Å². The van der Waals surface area contributed by atoms with E-state index in [2.05, 4.69) is 6.58 Å².